The van der Waals surface area contributed by atoms with Crippen LogP contribution < -0.4 is 10.6 Å². The number of hydrogen-bond acceptors (Lipinski definition) is 4. The number of carbonyl (C=O) groups is 2. The Morgan fingerprint density at radius 3 is 2.67 bits per heavy atom. The molecule has 24 heavy (non-hydrogen) atoms. The second kappa shape index (κ2) is 8.31. The molecule has 0 spiro atoms. The van der Waals surface area contributed by atoms with Gasteiger partial charge in [0.05, 0.1) is 18.2 Å². The number of hydrogen-bond donors (Lipinski definition) is 2. The first-order valence-corrected chi connectivity index (χ1v) is 7.98. The molecule has 0 bridgehead atoms. The highest BCUT2D eigenvalue weighted by Gasteiger charge is 2.22. The van der Waals surface area contributed by atoms with Crippen LogP contribution >= 0.6 is 0 Å². The number of urea groups is 1. The van der Waals surface area contributed by atoms with Crippen LogP contribution in [0.4, 0.5) is 10.5 Å². The molecule has 1 aromatic rings. The number of carbonyl (C=O) groups excluding carboxylic acids is 2. The Balaban J connectivity index is 1.76. The van der Waals surface area contributed by atoms with Crippen molar-refractivity contribution < 1.29 is 9.59 Å². The van der Waals surface area contributed by atoms with E-state index in [-0.39, 0.29) is 18.0 Å². The van der Waals surface area contributed by atoms with Gasteiger partial charge in [-0.15, -0.1) is 0 Å². The number of amides is 3. The van der Waals surface area contributed by atoms with Crippen LogP contribution in [-0.4, -0.2) is 61.5 Å². The summed E-state index contributed by atoms with van der Waals surface area (Å²) >= 11 is 0. The first-order valence-electron chi connectivity index (χ1n) is 7.98. The molecule has 1 aliphatic rings. The maximum absolute atomic E-state index is 12.0. The van der Waals surface area contributed by atoms with E-state index in [1.54, 1.807) is 43.3 Å². The van der Waals surface area contributed by atoms with Gasteiger partial charge in [-0.05, 0) is 31.0 Å². The first kappa shape index (κ1) is 17.8. The lowest BCUT2D eigenvalue weighted by Gasteiger charge is -2.32. The zero-order valence-corrected chi connectivity index (χ0v) is 14.1. The summed E-state index contributed by atoms with van der Waals surface area (Å²) in [6.07, 6.45) is 1.62. The Bertz CT molecular complexity index is 630. The summed E-state index contributed by atoms with van der Waals surface area (Å²) in [4.78, 5) is 27.5. The Hall–Kier alpha value is -2.59. The molecule has 1 aliphatic heterocycles. The third-order valence-electron chi connectivity index (χ3n) is 4.03. The topological polar surface area (TPSA) is 88.5 Å². The summed E-state index contributed by atoms with van der Waals surface area (Å²) in [5, 5.41) is 14.6. The third-order valence-corrected chi connectivity index (χ3v) is 4.03. The Morgan fingerprint density at radius 2 is 2.04 bits per heavy atom. The molecule has 0 radical (unpaired) electrons. The number of likely N-dealkylation sites (N-methyl/N-ethyl adjacent to an activating group) is 1. The van der Waals surface area contributed by atoms with E-state index in [9.17, 15) is 9.59 Å². The molecule has 1 aromatic carbocycles. The average molecular weight is 329 g/mol. The molecule has 2 rings (SSSR count). The number of nitrogens with one attached hydrogen (secondary N) is 2. The lowest BCUT2D eigenvalue weighted by atomic mass is 10.1. The van der Waals surface area contributed by atoms with Gasteiger partial charge in [0.1, 0.15) is 0 Å². The van der Waals surface area contributed by atoms with Gasteiger partial charge in [-0.25, -0.2) is 4.79 Å². The van der Waals surface area contributed by atoms with Gasteiger partial charge in [0.2, 0.25) is 5.91 Å². The quantitative estimate of drug-likeness (QED) is 0.870. The van der Waals surface area contributed by atoms with Crippen molar-refractivity contribution in [3.63, 3.8) is 0 Å². The lowest BCUT2D eigenvalue weighted by molar-refractivity contribution is -0.130. The van der Waals surface area contributed by atoms with Gasteiger partial charge in [0.15, 0.2) is 0 Å². The molecule has 2 N–H and O–H groups in total. The molecule has 1 heterocycles. The predicted molar refractivity (Wildman–Crippen MR) is 91.5 cm³/mol. The van der Waals surface area contributed by atoms with Crippen LogP contribution in [0.3, 0.4) is 0 Å². The number of rotatable bonds is 4. The SMILES string of the molecule is CN(C)C(=O)CN1CCC(NC(=O)Nc2cccc(C#N)c2)CC1. The van der Waals surface area contributed by atoms with Crippen molar-refractivity contribution in [3.05, 3.63) is 29.8 Å². The summed E-state index contributed by atoms with van der Waals surface area (Å²) < 4.78 is 0. The Labute approximate surface area is 142 Å². The normalized spacial score (nSPS) is 15.4. The Kier molecular flexibility index (Phi) is 6.15. The minimum absolute atomic E-state index is 0.0925. The van der Waals surface area contributed by atoms with Crippen LogP contribution in [0.25, 0.3) is 0 Å². The molecule has 0 aromatic heterocycles. The van der Waals surface area contributed by atoms with Crippen molar-refractivity contribution in [2.45, 2.75) is 18.9 Å². The maximum atomic E-state index is 12.0. The van der Waals surface area contributed by atoms with Gasteiger partial charge in [0, 0.05) is 38.9 Å². The number of anilines is 1. The highest BCUT2D eigenvalue weighted by atomic mass is 16.2. The van der Waals surface area contributed by atoms with Crippen LogP contribution in [0.5, 0.6) is 0 Å². The largest absolute Gasteiger partial charge is 0.348 e. The van der Waals surface area contributed by atoms with E-state index >= 15 is 0 Å². The zero-order valence-electron chi connectivity index (χ0n) is 14.1. The summed E-state index contributed by atoms with van der Waals surface area (Å²) in [6.45, 7) is 2.00. The molecule has 7 nitrogen and oxygen atoms in total. The first-order chi connectivity index (χ1) is 11.5. The van der Waals surface area contributed by atoms with Gasteiger partial charge < -0.3 is 15.5 Å². The second-order valence-corrected chi connectivity index (χ2v) is 6.13. The lowest BCUT2D eigenvalue weighted by Crippen LogP contribution is -2.48. The summed E-state index contributed by atoms with van der Waals surface area (Å²) in [7, 11) is 3.50. The van der Waals surface area contributed by atoms with Crippen LogP contribution in [0.2, 0.25) is 0 Å². The van der Waals surface area contributed by atoms with Crippen LogP contribution in [0, 0.1) is 11.3 Å². The van der Waals surface area contributed by atoms with Gasteiger partial charge in [0.25, 0.3) is 0 Å². The highest BCUT2D eigenvalue weighted by molar-refractivity contribution is 5.89. The van der Waals surface area contributed by atoms with E-state index in [1.807, 2.05) is 6.07 Å². The molecular formula is C17H23N5O2. The smallest absolute Gasteiger partial charge is 0.319 e. The monoisotopic (exact) mass is 329 g/mol. The van der Waals surface area contributed by atoms with Crippen molar-refractivity contribution >= 4 is 17.6 Å². The second-order valence-electron chi connectivity index (χ2n) is 6.13. The molecule has 0 unspecified atom stereocenters. The Morgan fingerprint density at radius 1 is 1.33 bits per heavy atom. The van der Waals surface area contributed by atoms with Crippen molar-refractivity contribution in [2.24, 2.45) is 0 Å². The van der Waals surface area contributed by atoms with Crippen molar-refractivity contribution in [1.29, 1.82) is 5.26 Å². The predicted octanol–water partition coefficient (Wildman–Crippen LogP) is 1.23. The van der Waals surface area contributed by atoms with Gasteiger partial charge in [-0.2, -0.15) is 5.26 Å². The van der Waals surface area contributed by atoms with Crippen molar-refractivity contribution in [2.75, 3.05) is 39.0 Å². The molecule has 128 valence electrons. The van der Waals surface area contributed by atoms with E-state index in [4.69, 9.17) is 5.26 Å². The third kappa shape index (κ3) is 5.25. The molecule has 0 aliphatic carbocycles. The molecule has 3 amide bonds. The number of benzene rings is 1. The van der Waals surface area contributed by atoms with Gasteiger partial charge in [-0.3, -0.25) is 9.69 Å². The standard InChI is InChI=1S/C17H23N5O2/c1-21(2)16(23)12-22-8-6-14(7-9-22)19-17(24)20-15-5-3-4-13(10-15)11-18/h3-5,10,14H,6-9,12H2,1-2H3,(H2,19,20,24). The van der Waals surface area contributed by atoms with Crippen LogP contribution in [-0.2, 0) is 4.79 Å². The van der Waals surface area contributed by atoms with Crippen LogP contribution in [0.15, 0.2) is 24.3 Å². The fourth-order valence-electron chi connectivity index (χ4n) is 2.59. The van der Waals surface area contributed by atoms with E-state index < -0.39 is 0 Å². The minimum atomic E-state index is -0.270. The number of nitriles is 1. The van der Waals surface area contributed by atoms with Crippen molar-refractivity contribution in [1.82, 2.24) is 15.1 Å². The molecule has 0 saturated carbocycles. The fraction of sp³-hybridized carbons (Fsp3) is 0.471. The summed E-state index contributed by atoms with van der Waals surface area (Å²) in [6, 6.07) is 8.66. The van der Waals surface area contributed by atoms with E-state index in [1.165, 1.54) is 0 Å². The highest BCUT2D eigenvalue weighted by Crippen LogP contribution is 2.12. The number of nitrogens with zero attached hydrogens (tertiary/aromatic N) is 3. The molecule has 7 heteroatoms. The number of piperidine rings is 1. The maximum Gasteiger partial charge on any atom is 0.319 e. The van der Waals surface area contributed by atoms with Gasteiger partial charge >= 0.3 is 6.03 Å². The van der Waals surface area contributed by atoms with Crippen LogP contribution in [0.1, 0.15) is 18.4 Å². The number of likely N-dealkylation sites (tertiary alicyclic amines) is 1. The summed E-state index contributed by atoms with van der Waals surface area (Å²) in [5.74, 6) is 0.0940. The molecule has 0 atom stereocenters. The van der Waals surface area contributed by atoms with E-state index in [0.29, 0.717) is 17.8 Å². The average Bonchev–Trinajstić information content (AvgIpc) is 2.56. The minimum Gasteiger partial charge on any atom is -0.348 e. The molecule has 1 fully saturated rings. The molecular weight excluding hydrogens is 306 g/mol. The molecule has 1 saturated heterocycles. The fourth-order valence-corrected chi connectivity index (χ4v) is 2.59. The van der Waals surface area contributed by atoms with E-state index in [2.05, 4.69) is 15.5 Å². The van der Waals surface area contributed by atoms with E-state index in [0.717, 1.165) is 25.9 Å². The summed E-state index contributed by atoms with van der Waals surface area (Å²) in [5.41, 5.74) is 1.10. The zero-order chi connectivity index (χ0) is 17.5. The van der Waals surface area contributed by atoms with Crippen molar-refractivity contribution in [3.8, 4) is 6.07 Å². The van der Waals surface area contributed by atoms with Gasteiger partial charge in [-0.1, -0.05) is 6.07 Å².